The summed E-state index contributed by atoms with van der Waals surface area (Å²) in [6.07, 6.45) is 3.37. The quantitative estimate of drug-likeness (QED) is 0.730. The molecule has 0 aliphatic heterocycles. The first kappa shape index (κ1) is 17.6. The number of aryl methyl sites for hydroxylation is 2. The van der Waals surface area contributed by atoms with E-state index in [4.69, 9.17) is 4.74 Å². The fraction of sp³-hybridized carbons (Fsp3) is 0.235. The first-order chi connectivity index (χ1) is 12.4. The van der Waals surface area contributed by atoms with Crippen molar-refractivity contribution in [1.82, 2.24) is 24.9 Å². The topological polar surface area (TPSA) is 74.0 Å². The molecule has 0 spiro atoms. The SMILES string of the molecule is Cc1nn(C)cc1CNC(=O)c1ccn(COc2ccc(F)cc2F)n1. The fourth-order valence-corrected chi connectivity index (χ4v) is 2.37. The van der Waals surface area contributed by atoms with Crippen molar-refractivity contribution < 1.29 is 18.3 Å². The number of carbonyl (C=O) groups excluding carboxylic acids is 1. The van der Waals surface area contributed by atoms with Crippen LogP contribution in [0.15, 0.2) is 36.7 Å². The van der Waals surface area contributed by atoms with E-state index in [0.717, 1.165) is 23.4 Å². The van der Waals surface area contributed by atoms with E-state index in [1.54, 1.807) is 4.68 Å². The molecule has 3 aromatic rings. The number of hydrogen-bond donors (Lipinski definition) is 1. The Morgan fingerprint density at radius 2 is 2.08 bits per heavy atom. The van der Waals surface area contributed by atoms with Gasteiger partial charge in [-0.2, -0.15) is 10.2 Å². The molecule has 0 atom stereocenters. The van der Waals surface area contributed by atoms with Crippen LogP contribution in [0.25, 0.3) is 0 Å². The van der Waals surface area contributed by atoms with Crippen molar-refractivity contribution in [1.29, 1.82) is 0 Å². The highest BCUT2D eigenvalue weighted by molar-refractivity contribution is 5.92. The second-order valence-electron chi connectivity index (χ2n) is 5.68. The lowest BCUT2D eigenvalue weighted by Gasteiger charge is -2.07. The van der Waals surface area contributed by atoms with Gasteiger partial charge in [-0.15, -0.1) is 0 Å². The molecule has 0 bridgehead atoms. The number of amides is 1. The molecule has 9 heteroatoms. The lowest BCUT2D eigenvalue weighted by Crippen LogP contribution is -2.23. The van der Waals surface area contributed by atoms with E-state index >= 15 is 0 Å². The van der Waals surface area contributed by atoms with Crippen LogP contribution >= 0.6 is 0 Å². The minimum atomic E-state index is -0.804. The van der Waals surface area contributed by atoms with Crippen molar-refractivity contribution >= 4 is 5.91 Å². The highest BCUT2D eigenvalue weighted by Crippen LogP contribution is 2.17. The third kappa shape index (κ3) is 4.05. The maximum Gasteiger partial charge on any atom is 0.272 e. The number of carbonyl (C=O) groups is 1. The molecule has 1 aromatic carbocycles. The van der Waals surface area contributed by atoms with Crippen molar-refractivity contribution in [3.8, 4) is 5.75 Å². The van der Waals surface area contributed by atoms with Crippen molar-refractivity contribution in [2.75, 3.05) is 0 Å². The molecule has 2 heterocycles. The number of benzene rings is 1. The highest BCUT2D eigenvalue weighted by atomic mass is 19.1. The average molecular weight is 361 g/mol. The third-order valence-corrected chi connectivity index (χ3v) is 3.67. The molecule has 2 aromatic heterocycles. The molecule has 26 heavy (non-hydrogen) atoms. The zero-order valence-electron chi connectivity index (χ0n) is 14.2. The Morgan fingerprint density at radius 3 is 2.77 bits per heavy atom. The van der Waals surface area contributed by atoms with E-state index in [0.29, 0.717) is 6.54 Å². The highest BCUT2D eigenvalue weighted by Gasteiger charge is 2.12. The van der Waals surface area contributed by atoms with Gasteiger partial charge in [0.1, 0.15) is 11.5 Å². The predicted molar refractivity (Wildman–Crippen MR) is 88.3 cm³/mol. The normalized spacial score (nSPS) is 10.8. The zero-order chi connectivity index (χ0) is 18.7. The monoisotopic (exact) mass is 361 g/mol. The maximum atomic E-state index is 13.5. The molecule has 7 nitrogen and oxygen atoms in total. The van der Waals surface area contributed by atoms with Crippen LogP contribution in [-0.4, -0.2) is 25.5 Å². The maximum absolute atomic E-state index is 13.5. The van der Waals surface area contributed by atoms with E-state index < -0.39 is 11.6 Å². The van der Waals surface area contributed by atoms with Crippen molar-refractivity contribution in [2.24, 2.45) is 7.05 Å². The molecule has 0 unspecified atom stereocenters. The molecule has 0 saturated carbocycles. The van der Waals surface area contributed by atoms with Gasteiger partial charge >= 0.3 is 0 Å². The van der Waals surface area contributed by atoms with Crippen molar-refractivity contribution in [2.45, 2.75) is 20.2 Å². The van der Waals surface area contributed by atoms with Crippen LogP contribution in [0.4, 0.5) is 8.78 Å². The van der Waals surface area contributed by atoms with Crippen molar-refractivity contribution in [3.63, 3.8) is 0 Å². The van der Waals surface area contributed by atoms with Gasteiger partial charge in [-0.1, -0.05) is 0 Å². The lowest BCUT2D eigenvalue weighted by molar-refractivity contribution is 0.0943. The molecule has 3 rings (SSSR count). The molecule has 0 radical (unpaired) electrons. The third-order valence-electron chi connectivity index (χ3n) is 3.67. The van der Waals surface area contributed by atoms with E-state index in [-0.39, 0.29) is 24.1 Å². The summed E-state index contributed by atoms with van der Waals surface area (Å²) in [4.78, 5) is 12.2. The summed E-state index contributed by atoms with van der Waals surface area (Å²) in [5, 5.41) is 11.0. The van der Waals surface area contributed by atoms with Crippen LogP contribution in [0.1, 0.15) is 21.7 Å². The van der Waals surface area contributed by atoms with Gasteiger partial charge in [0.05, 0.1) is 5.69 Å². The van der Waals surface area contributed by atoms with Gasteiger partial charge in [0.15, 0.2) is 18.3 Å². The molecule has 0 aliphatic rings. The molecular formula is C17H17F2N5O2. The second-order valence-corrected chi connectivity index (χ2v) is 5.68. The summed E-state index contributed by atoms with van der Waals surface area (Å²) in [6, 6.07) is 4.55. The van der Waals surface area contributed by atoms with Crippen LogP contribution in [0, 0.1) is 18.6 Å². The van der Waals surface area contributed by atoms with Gasteiger partial charge in [-0.05, 0) is 25.1 Å². The minimum Gasteiger partial charge on any atom is -0.468 e. The fourth-order valence-electron chi connectivity index (χ4n) is 2.37. The first-order valence-corrected chi connectivity index (χ1v) is 7.81. The Kier molecular flexibility index (Phi) is 4.97. The number of hydrogen-bond acceptors (Lipinski definition) is 4. The van der Waals surface area contributed by atoms with Gasteiger partial charge in [-0.3, -0.25) is 9.48 Å². The molecule has 1 N–H and O–H groups in total. The largest absolute Gasteiger partial charge is 0.468 e. The van der Waals surface area contributed by atoms with E-state index in [9.17, 15) is 13.6 Å². The zero-order valence-corrected chi connectivity index (χ0v) is 14.2. The molecule has 0 saturated heterocycles. The minimum absolute atomic E-state index is 0.0973. The smallest absolute Gasteiger partial charge is 0.272 e. The summed E-state index contributed by atoms with van der Waals surface area (Å²) >= 11 is 0. The molecule has 1 amide bonds. The van der Waals surface area contributed by atoms with Gasteiger partial charge in [0.25, 0.3) is 5.91 Å². The number of ether oxygens (including phenoxy) is 1. The van der Waals surface area contributed by atoms with Gasteiger partial charge in [-0.25, -0.2) is 13.5 Å². The summed E-state index contributed by atoms with van der Waals surface area (Å²) in [5.41, 5.74) is 1.96. The molecule has 0 aliphatic carbocycles. The summed E-state index contributed by atoms with van der Waals surface area (Å²) in [6.45, 7) is 2.09. The standard InChI is InChI=1S/C17H17F2N5O2/c1-11-12(9-23(2)21-11)8-20-17(25)15-5-6-24(22-15)10-26-16-4-3-13(18)7-14(16)19/h3-7,9H,8,10H2,1-2H3,(H,20,25). The van der Waals surface area contributed by atoms with Crippen LogP contribution in [-0.2, 0) is 20.3 Å². The lowest BCUT2D eigenvalue weighted by atomic mass is 10.2. The summed E-state index contributed by atoms with van der Waals surface area (Å²) < 4.78 is 34.6. The van der Waals surface area contributed by atoms with Crippen molar-refractivity contribution in [3.05, 3.63) is 65.2 Å². The summed E-state index contributed by atoms with van der Waals surface area (Å²) in [7, 11) is 1.81. The van der Waals surface area contributed by atoms with Gasteiger partial charge in [0.2, 0.25) is 0 Å². The van der Waals surface area contributed by atoms with Gasteiger partial charge < -0.3 is 10.1 Å². The second kappa shape index (κ2) is 7.34. The van der Waals surface area contributed by atoms with E-state index in [1.165, 1.54) is 23.0 Å². The van der Waals surface area contributed by atoms with Crippen LogP contribution in [0.5, 0.6) is 5.75 Å². The van der Waals surface area contributed by atoms with Gasteiger partial charge in [0, 0.05) is 37.6 Å². The Balaban J connectivity index is 1.56. The Labute approximate surface area is 148 Å². The van der Waals surface area contributed by atoms with E-state index in [1.807, 2.05) is 20.2 Å². The van der Waals surface area contributed by atoms with Crippen LogP contribution < -0.4 is 10.1 Å². The predicted octanol–water partition coefficient (Wildman–Crippen LogP) is 2.17. The number of rotatable bonds is 6. The number of halogens is 2. The van der Waals surface area contributed by atoms with E-state index in [2.05, 4.69) is 15.5 Å². The van der Waals surface area contributed by atoms with Crippen LogP contribution in [0.3, 0.4) is 0 Å². The molecule has 136 valence electrons. The first-order valence-electron chi connectivity index (χ1n) is 7.81. The summed E-state index contributed by atoms with van der Waals surface area (Å²) in [5.74, 6) is -1.93. The number of nitrogens with zero attached hydrogens (tertiary/aromatic N) is 4. The molecular weight excluding hydrogens is 344 g/mol. The number of aromatic nitrogens is 4. The average Bonchev–Trinajstić information content (AvgIpc) is 3.18. The number of nitrogens with one attached hydrogen (secondary N) is 1. The van der Waals surface area contributed by atoms with Crippen LogP contribution in [0.2, 0.25) is 0 Å². The molecule has 0 fully saturated rings. The Morgan fingerprint density at radius 1 is 1.27 bits per heavy atom. The Hall–Kier alpha value is -3.23. The Bertz CT molecular complexity index is 935.